The normalized spacial score (nSPS) is 20.2. The van der Waals surface area contributed by atoms with Gasteiger partial charge in [0.2, 0.25) is 5.91 Å². The number of β-amino-alcohol motifs (C(OH)–C–C–N with tert-alkyl or cyclic N) is 1. The molecule has 6 heteroatoms. The third-order valence-electron chi connectivity index (χ3n) is 4.65. The average Bonchev–Trinajstić information content (AvgIpc) is 2.61. The van der Waals surface area contributed by atoms with Crippen LogP contribution in [0.4, 0.5) is 0 Å². The number of nitrogens with zero attached hydrogens (tertiary/aromatic N) is 2. The summed E-state index contributed by atoms with van der Waals surface area (Å²) < 4.78 is 5.20. The standard InChI is InChI=1S/C19H31N3O3/c1-4-17-13-21(8-9-22(17)12-15(2)23)14-19(24)20-11-16-6-5-7-18(10-16)25-3/h5-7,10,15,17,23H,4,8-9,11-14H2,1-3H3,(H,20,24)/t15-,17-/m1/s1. The summed E-state index contributed by atoms with van der Waals surface area (Å²) in [5.41, 5.74) is 1.03. The monoisotopic (exact) mass is 349 g/mol. The number of rotatable bonds is 8. The van der Waals surface area contributed by atoms with Crippen LogP contribution in [0, 0.1) is 0 Å². The summed E-state index contributed by atoms with van der Waals surface area (Å²) in [5, 5.41) is 12.6. The molecule has 0 aliphatic carbocycles. The third kappa shape index (κ3) is 6.30. The third-order valence-corrected chi connectivity index (χ3v) is 4.65. The number of hydrogen-bond donors (Lipinski definition) is 2. The van der Waals surface area contributed by atoms with Crippen LogP contribution in [0.2, 0.25) is 0 Å². The van der Waals surface area contributed by atoms with Gasteiger partial charge >= 0.3 is 0 Å². The number of ether oxygens (including phenoxy) is 1. The lowest BCUT2D eigenvalue weighted by Gasteiger charge is -2.41. The van der Waals surface area contributed by atoms with Crippen molar-refractivity contribution in [2.24, 2.45) is 0 Å². The highest BCUT2D eigenvalue weighted by atomic mass is 16.5. The van der Waals surface area contributed by atoms with Crippen molar-refractivity contribution < 1.29 is 14.6 Å². The van der Waals surface area contributed by atoms with Crippen molar-refractivity contribution in [1.29, 1.82) is 0 Å². The van der Waals surface area contributed by atoms with E-state index in [1.165, 1.54) is 0 Å². The maximum Gasteiger partial charge on any atom is 0.234 e. The van der Waals surface area contributed by atoms with Gasteiger partial charge in [-0.15, -0.1) is 0 Å². The first kappa shape index (κ1) is 19.7. The summed E-state index contributed by atoms with van der Waals surface area (Å²) >= 11 is 0. The van der Waals surface area contributed by atoms with Crippen molar-refractivity contribution in [3.63, 3.8) is 0 Å². The molecule has 0 unspecified atom stereocenters. The van der Waals surface area contributed by atoms with Crippen LogP contribution in [-0.2, 0) is 11.3 Å². The molecule has 1 amide bonds. The van der Waals surface area contributed by atoms with Gasteiger partial charge in [-0.05, 0) is 31.0 Å². The predicted molar refractivity (Wildman–Crippen MR) is 98.6 cm³/mol. The van der Waals surface area contributed by atoms with E-state index in [1.54, 1.807) is 7.11 Å². The Kier molecular flexibility index (Phi) is 7.68. The van der Waals surface area contributed by atoms with Gasteiger partial charge in [0.1, 0.15) is 5.75 Å². The van der Waals surface area contributed by atoms with Crippen molar-refractivity contribution in [2.45, 2.75) is 39.0 Å². The van der Waals surface area contributed by atoms with E-state index in [-0.39, 0.29) is 12.0 Å². The van der Waals surface area contributed by atoms with Crippen molar-refractivity contribution in [3.8, 4) is 5.75 Å². The largest absolute Gasteiger partial charge is 0.497 e. The van der Waals surface area contributed by atoms with E-state index in [1.807, 2.05) is 31.2 Å². The van der Waals surface area contributed by atoms with E-state index in [0.717, 1.165) is 37.4 Å². The van der Waals surface area contributed by atoms with Gasteiger partial charge in [0.05, 0.1) is 19.8 Å². The lowest BCUT2D eigenvalue weighted by Crippen LogP contribution is -2.55. The Labute approximate surface area is 150 Å². The molecular weight excluding hydrogens is 318 g/mol. The number of hydrogen-bond acceptors (Lipinski definition) is 5. The van der Waals surface area contributed by atoms with Crippen LogP contribution >= 0.6 is 0 Å². The molecule has 1 saturated heterocycles. The maximum atomic E-state index is 12.3. The molecule has 0 radical (unpaired) electrons. The summed E-state index contributed by atoms with van der Waals surface area (Å²) in [6.07, 6.45) is 0.709. The molecule has 1 heterocycles. The van der Waals surface area contributed by atoms with Gasteiger partial charge in [-0.3, -0.25) is 14.6 Å². The van der Waals surface area contributed by atoms with E-state index >= 15 is 0 Å². The Bertz CT molecular complexity index is 550. The first-order chi connectivity index (χ1) is 12.0. The molecule has 6 nitrogen and oxygen atoms in total. The highest BCUT2D eigenvalue weighted by Gasteiger charge is 2.27. The highest BCUT2D eigenvalue weighted by Crippen LogP contribution is 2.14. The summed E-state index contributed by atoms with van der Waals surface area (Å²) in [5.74, 6) is 0.841. The van der Waals surface area contributed by atoms with Crippen LogP contribution in [0.15, 0.2) is 24.3 Å². The molecule has 1 fully saturated rings. The topological polar surface area (TPSA) is 65.0 Å². The lowest BCUT2D eigenvalue weighted by atomic mass is 10.1. The number of carbonyl (C=O) groups excluding carboxylic acids is 1. The van der Waals surface area contributed by atoms with Crippen molar-refractivity contribution >= 4 is 5.91 Å². The molecule has 0 spiro atoms. The average molecular weight is 349 g/mol. The molecule has 0 bridgehead atoms. The van der Waals surface area contributed by atoms with Crippen molar-refractivity contribution in [1.82, 2.24) is 15.1 Å². The van der Waals surface area contributed by atoms with Gasteiger partial charge in [0.15, 0.2) is 0 Å². The Morgan fingerprint density at radius 3 is 2.92 bits per heavy atom. The Morgan fingerprint density at radius 1 is 1.44 bits per heavy atom. The van der Waals surface area contributed by atoms with Crippen molar-refractivity contribution in [2.75, 3.05) is 39.8 Å². The van der Waals surface area contributed by atoms with E-state index < -0.39 is 0 Å². The Morgan fingerprint density at radius 2 is 2.24 bits per heavy atom. The van der Waals surface area contributed by atoms with Gasteiger partial charge in [0.25, 0.3) is 0 Å². The summed E-state index contributed by atoms with van der Waals surface area (Å²) in [7, 11) is 1.64. The molecule has 1 aromatic rings. The second-order valence-corrected chi connectivity index (χ2v) is 6.77. The van der Waals surface area contributed by atoms with Crippen LogP contribution in [-0.4, -0.2) is 72.8 Å². The van der Waals surface area contributed by atoms with E-state index in [4.69, 9.17) is 4.74 Å². The van der Waals surface area contributed by atoms with Gasteiger partial charge in [-0.25, -0.2) is 0 Å². The zero-order chi connectivity index (χ0) is 18.2. The predicted octanol–water partition coefficient (Wildman–Crippen LogP) is 1.09. The molecular formula is C19H31N3O3. The molecule has 2 rings (SSSR count). The van der Waals surface area contributed by atoms with Gasteiger partial charge in [-0.2, -0.15) is 0 Å². The van der Waals surface area contributed by atoms with Crippen LogP contribution in [0.5, 0.6) is 5.75 Å². The molecule has 0 aromatic heterocycles. The van der Waals surface area contributed by atoms with Gasteiger partial charge < -0.3 is 15.2 Å². The quantitative estimate of drug-likeness (QED) is 0.735. The summed E-state index contributed by atoms with van der Waals surface area (Å²) in [6.45, 7) is 8.24. The minimum atomic E-state index is -0.313. The first-order valence-electron chi connectivity index (χ1n) is 9.06. The Balaban J connectivity index is 1.78. The fourth-order valence-electron chi connectivity index (χ4n) is 3.31. The number of aliphatic hydroxyl groups excluding tert-OH is 1. The summed E-state index contributed by atoms with van der Waals surface area (Å²) in [6, 6.07) is 8.12. The molecule has 1 aliphatic heterocycles. The molecule has 1 aromatic carbocycles. The zero-order valence-corrected chi connectivity index (χ0v) is 15.6. The number of amides is 1. The van der Waals surface area contributed by atoms with E-state index in [9.17, 15) is 9.90 Å². The molecule has 2 atom stereocenters. The zero-order valence-electron chi connectivity index (χ0n) is 15.6. The van der Waals surface area contributed by atoms with Gasteiger partial charge in [0, 0.05) is 38.8 Å². The highest BCUT2D eigenvalue weighted by molar-refractivity contribution is 5.78. The van der Waals surface area contributed by atoms with Gasteiger partial charge in [-0.1, -0.05) is 19.1 Å². The second-order valence-electron chi connectivity index (χ2n) is 6.77. The minimum absolute atomic E-state index is 0.0432. The molecule has 1 aliphatic rings. The fourth-order valence-corrected chi connectivity index (χ4v) is 3.31. The number of nitrogens with one attached hydrogen (secondary N) is 1. The number of piperazine rings is 1. The summed E-state index contributed by atoms with van der Waals surface area (Å²) in [4.78, 5) is 16.8. The van der Waals surface area contributed by atoms with E-state index in [2.05, 4.69) is 22.0 Å². The lowest BCUT2D eigenvalue weighted by molar-refractivity contribution is -0.123. The molecule has 2 N–H and O–H groups in total. The first-order valence-corrected chi connectivity index (χ1v) is 9.06. The smallest absolute Gasteiger partial charge is 0.234 e. The SMILES string of the molecule is CC[C@@H]1CN(CC(=O)NCc2cccc(OC)c2)CCN1C[C@@H](C)O. The Hall–Kier alpha value is -1.63. The van der Waals surface area contributed by atoms with Crippen LogP contribution < -0.4 is 10.1 Å². The fraction of sp³-hybridized carbons (Fsp3) is 0.632. The van der Waals surface area contributed by atoms with E-state index in [0.29, 0.717) is 25.7 Å². The van der Waals surface area contributed by atoms with Crippen LogP contribution in [0.25, 0.3) is 0 Å². The molecule has 0 saturated carbocycles. The van der Waals surface area contributed by atoms with Crippen LogP contribution in [0.1, 0.15) is 25.8 Å². The number of aliphatic hydroxyl groups is 1. The molecule has 140 valence electrons. The van der Waals surface area contributed by atoms with Crippen molar-refractivity contribution in [3.05, 3.63) is 29.8 Å². The number of benzene rings is 1. The second kappa shape index (κ2) is 9.75. The minimum Gasteiger partial charge on any atom is -0.497 e. The number of methoxy groups -OCH3 is 1. The molecule has 25 heavy (non-hydrogen) atoms. The van der Waals surface area contributed by atoms with Crippen LogP contribution in [0.3, 0.4) is 0 Å². The maximum absolute atomic E-state index is 12.3. The number of carbonyl (C=O) groups is 1.